The molecule has 1 aliphatic rings. The van der Waals surface area contributed by atoms with Gasteiger partial charge in [-0.25, -0.2) is 0 Å². The number of hydrogen-bond donors (Lipinski definition) is 0. The van der Waals surface area contributed by atoms with Crippen molar-refractivity contribution in [2.24, 2.45) is 17.3 Å². The van der Waals surface area contributed by atoms with Crippen LogP contribution in [0.4, 0.5) is 0 Å². The van der Waals surface area contributed by atoms with Gasteiger partial charge in [0.1, 0.15) is 0 Å². The van der Waals surface area contributed by atoms with Gasteiger partial charge in [0.15, 0.2) is 0 Å². The molecule has 0 aromatic carbocycles. The van der Waals surface area contributed by atoms with Gasteiger partial charge >= 0.3 is 0 Å². The van der Waals surface area contributed by atoms with Crippen LogP contribution in [0, 0.1) is 17.3 Å². The van der Waals surface area contributed by atoms with Gasteiger partial charge in [-0.05, 0) is 23.7 Å². The molecular weight excluding hydrogens is 120 g/mol. The average molecular weight is 140 g/mol. The standard InChI is InChI=1S/C10H20/c1-5-10(6-2)7-9(10)8(3)4/h8-9H,5-7H2,1-4H3. The molecule has 0 amide bonds. The summed E-state index contributed by atoms with van der Waals surface area (Å²) in [6.07, 6.45) is 4.29. The lowest BCUT2D eigenvalue weighted by molar-refractivity contribution is 0.369. The van der Waals surface area contributed by atoms with Gasteiger partial charge < -0.3 is 0 Å². The van der Waals surface area contributed by atoms with Crippen LogP contribution in [0.25, 0.3) is 0 Å². The van der Waals surface area contributed by atoms with Gasteiger partial charge in [0.25, 0.3) is 0 Å². The van der Waals surface area contributed by atoms with Crippen LogP contribution >= 0.6 is 0 Å². The van der Waals surface area contributed by atoms with Gasteiger partial charge in [-0.15, -0.1) is 0 Å². The Hall–Kier alpha value is 0. The van der Waals surface area contributed by atoms with Crippen molar-refractivity contribution in [3.8, 4) is 0 Å². The van der Waals surface area contributed by atoms with Crippen molar-refractivity contribution in [2.75, 3.05) is 0 Å². The minimum absolute atomic E-state index is 0.772. The number of rotatable bonds is 3. The summed E-state index contributed by atoms with van der Waals surface area (Å²) in [6.45, 7) is 9.40. The van der Waals surface area contributed by atoms with Crippen molar-refractivity contribution >= 4 is 0 Å². The monoisotopic (exact) mass is 140 g/mol. The Morgan fingerprint density at radius 3 is 1.90 bits per heavy atom. The maximum Gasteiger partial charge on any atom is -0.0269 e. The van der Waals surface area contributed by atoms with Crippen LogP contribution in [-0.4, -0.2) is 0 Å². The molecule has 1 atom stereocenters. The zero-order valence-corrected chi connectivity index (χ0v) is 7.78. The molecule has 0 heterocycles. The van der Waals surface area contributed by atoms with Gasteiger partial charge in [0.05, 0.1) is 0 Å². The summed E-state index contributed by atoms with van der Waals surface area (Å²) in [4.78, 5) is 0. The Morgan fingerprint density at radius 2 is 1.80 bits per heavy atom. The Kier molecular flexibility index (Phi) is 2.07. The Balaban J connectivity index is 2.45. The molecule has 1 aliphatic carbocycles. The second-order valence-corrected chi connectivity index (χ2v) is 4.12. The molecule has 1 rings (SSSR count). The van der Waals surface area contributed by atoms with Crippen molar-refractivity contribution in [1.29, 1.82) is 0 Å². The summed E-state index contributed by atoms with van der Waals surface area (Å²) >= 11 is 0. The molecule has 0 nitrogen and oxygen atoms in total. The topological polar surface area (TPSA) is 0 Å². The molecule has 0 N–H and O–H groups in total. The van der Waals surface area contributed by atoms with E-state index in [2.05, 4.69) is 27.7 Å². The molecule has 1 unspecified atom stereocenters. The zero-order chi connectivity index (χ0) is 7.78. The second kappa shape index (κ2) is 2.56. The van der Waals surface area contributed by atoms with E-state index in [0.29, 0.717) is 0 Å². The van der Waals surface area contributed by atoms with Crippen LogP contribution in [0.1, 0.15) is 47.0 Å². The third-order valence-electron chi connectivity index (χ3n) is 3.47. The van der Waals surface area contributed by atoms with Crippen molar-refractivity contribution in [3.05, 3.63) is 0 Å². The van der Waals surface area contributed by atoms with Gasteiger partial charge in [0.2, 0.25) is 0 Å². The van der Waals surface area contributed by atoms with E-state index >= 15 is 0 Å². The lowest BCUT2D eigenvalue weighted by Crippen LogP contribution is -2.04. The van der Waals surface area contributed by atoms with Crippen molar-refractivity contribution < 1.29 is 0 Å². The van der Waals surface area contributed by atoms with E-state index in [4.69, 9.17) is 0 Å². The summed E-state index contributed by atoms with van der Waals surface area (Å²) in [6, 6.07) is 0. The van der Waals surface area contributed by atoms with Crippen molar-refractivity contribution in [2.45, 2.75) is 47.0 Å². The summed E-state index contributed by atoms with van der Waals surface area (Å²) < 4.78 is 0. The summed E-state index contributed by atoms with van der Waals surface area (Å²) in [7, 11) is 0. The summed E-state index contributed by atoms with van der Waals surface area (Å²) in [5, 5.41) is 0. The predicted octanol–water partition coefficient (Wildman–Crippen LogP) is 3.47. The highest BCUT2D eigenvalue weighted by molar-refractivity contribution is 5.01. The molecular formula is C10H20. The smallest absolute Gasteiger partial charge is 0.0269 e. The fourth-order valence-electron chi connectivity index (χ4n) is 2.38. The van der Waals surface area contributed by atoms with E-state index in [-0.39, 0.29) is 0 Å². The molecule has 0 aromatic rings. The molecule has 0 bridgehead atoms. The third kappa shape index (κ3) is 1.09. The molecule has 1 fully saturated rings. The first-order valence-corrected chi connectivity index (χ1v) is 4.66. The van der Waals surface area contributed by atoms with Crippen LogP contribution in [0.5, 0.6) is 0 Å². The van der Waals surface area contributed by atoms with Crippen molar-refractivity contribution in [1.82, 2.24) is 0 Å². The Labute approximate surface area is 65.0 Å². The van der Waals surface area contributed by atoms with E-state index in [0.717, 1.165) is 17.3 Å². The van der Waals surface area contributed by atoms with Crippen LogP contribution in [-0.2, 0) is 0 Å². The molecule has 0 heteroatoms. The quantitative estimate of drug-likeness (QED) is 0.563. The van der Waals surface area contributed by atoms with E-state index in [1.807, 2.05) is 0 Å². The zero-order valence-electron chi connectivity index (χ0n) is 7.78. The largest absolute Gasteiger partial charge is 0.0648 e. The second-order valence-electron chi connectivity index (χ2n) is 4.12. The van der Waals surface area contributed by atoms with Crippen LogP contribution in [0.2, 0.25) is 0 Å². The van der Waals surface area contributed by atoms with Crippen molar-refractivity contribution in [3.63, 3.8) is 0 Å². The first-order chi connectivity index (χ1) is 4.66. The normalized spacial score (nSPS) is 29.1. The summed E-state index contributed by atoms with van der Waals surface area (Å²) in [5.74, 6) is 1.96. The van der Waals surface area contributed by atoms with Gasteiger partial charge in [-0.3, -0.25) is 0 Å². The highest BCUT2D eigenvalue weighted by Gasteiger charge is 2.51. The fraction of sp³-hybridized carbons (Fsp3) is 1.00. The van der Waals surface area contributed by atoms with Gasteiger partial charge in [-0.2, -0.15) is 0 Å². The van der Waals surface area contributed by atoms with Gasteiger partial charge in [0, 0.05) is 0 Å². The molecule has 60 valence electrons. The highest BCUT2D eigenvalue weighted by Crippen LogP contribution is 2.60. The molecule has 1 saturated carbocycles. The van der Waals surface area contributed by atoms with Gasteiger partial charge in [-0.1, -0.05) is 40.5 Å². The minimum Gasteiger partial charge on any atom is -0.0648 e. The molecule has 0 radical (unpaired) electrons. The molecule has 0 spiro atoms. The first-order valence-electron chi connectivity index (χ1n) is 4.66. The molecule has 0 aliphatic heterocycles. The number of hydrogen-bond acceptors (Lipinski definition) is 0. The van der Waals surface area contributed by atoms with Crippen LogP contribution in [0.3, 0.4) is 0 Å². The van der Waals surface area contributed by atoms with Crippen LogP contribution in [0.15, 0.2) is 0 Å². The molecule has 0 saturated heterocycles. The maximum atomic E-state index is 2.36. The predicted molar refractivity (Wildman–Crippen MR) is 46.0 cm³/mol. The van der Waals surface area contributed by atoms with E-state index in [9.17, 15) is 0 Å². The highest BCUT2D eigenvalue weighted by atomic mass is 14.6. The molecule has 10 heavy (non-hydrogen) atoms. The fourth-order valence-corrected chi connectivity index (χ4v) is 2.38. The maximum absolute atomic E-state index is 2.36. The summed E-state index contributed by atoms with van der Waals surface area (Å²) in [5.41, 5.74) is 0.772. The lowest BCUT2D eigenvalue weighted by atomic mass is 9.92. The van der Waals surface area contributed by atoms with Crippen LogP contribution < -0.4 is 0 Å². The molecule has 0 aromatic heterocycles. The Morgan fingerprint density at radius 1 is 1.30 bits per heavy atom. The van der Waals surface area contributed by atoms with E-state index in [1.54, 1.807) is 0 Å². The van der Waals surface area contributed by atoms with E-state index < -0.39 is 0 Å². The average Bonchev–Trinajstić information content (AvgIpc) is 2.63. The first kappa shape index (κ1) is 8.10. The SMILES string of the molecule is CCC1(CC)CC1C(C)C. The Bertz CT molecular complexity index is 109. The lowest BCUT2D eigenvalue weighted by Gasteiger charge is -2.13. The third-order valence-corrected chi connectivity index (χ3v) is 3.47. The van der Waals surface area contributed by atoms with E-state index in [1.165, 1.54) is 19.3 Å². The minimum atomic E-state index is 0.772.